The van der Waals surface area contributed by atoms with E-state index >= 15 is 0 Å². The molecule has 4 unspecified atom stereocenters. The highest BCUT2D eigenvalue weighted by Crippen LogP contribution is 2.69. The Bertz CT molecular complexity index is 1370. The van der Waals surface area contributed by atoms with E-state index in [4.69, 9.17) is 18.9 Å². The van der Waals surface area contributed by atoms with Crippen molar-refractivity contribution in [1.82, 2.24) is 0 Å². The zero-order chi connectivity index (χ0) is 30.6. The molecule has 1 aliphatic heterocycles. The van der Waals surface area contributed by atoms with Gasteiger partial charge in [-0.1, -0.05) is 50.3 Å². The van der Waals surface area contributed by atoms with Gasteiger partial charge in [0, 0.05) is 5.41 Å². The maximum Gasteiger partial charge on any atom is 0.184 e. The molecule has 5 rings (SSSR count). The normalized spacial score (nSPS) is 31.9. The van der Waals surface area contributed by atoms with Crippen LogP contribution in [0.5, 0.6) is 5.75 Å². The van der Waals surface area contributed by atoms with E-state index in [9.17, 15) is 18.6 Å². The summed E-state index contributed by atoms with van der Waals surface area (Å²) in [6, 6.07) is 15.6. The predicted octanol–water partition coefficient (Wildman–Crippen LogP) is 4.68. The Hall–Kier alpha value is -2.27. The largest absolute Gasteiger partial charge is 0.497 e. The number of hydrogen-bond acceptors (Lipinski definition) is 8. The first-order valence-electron chi connectivity index (χ1n) is 14.6. The van der Waals surface area contributed by atoms with E-state index in [0.29, 0.717) is 18.6 Å². The van der Waals surface area contributed by atoms with Gasteiger partial charge in [0.15, 0.2) is 21.2 Å². The molecule has 0 radical (unpaired) electrons. The van der Waals surface area contributed by atoms with Crippen molar-refractivity contribution in [1.29, 1.82) is 0 Å². The van der Waals surface area contributed by atoms with Gasteiger partial charge in [-0.05, 0) is 74.3 Å². The first-order valence-corrected chi connectivity index (χ1v) is 16.2. The van der Waals surface area contributed by atoms with Crippen LogP contribution in [0, 0.1) is 16.7 Å². The molecule has 0 aromatic heterocycles. The molecule has 3 aliphatic rings. The zero-order valence-corrected chi connectivity index (χ0v) is 26.0. The molecular formula is C33H44O8S. The van der Waals surface area contributed by atoms with E-state index < -0.39 is 55.6 Å². The number of methoxy groups -OCH3 is 1. The maximum atomic E-state index is 14.7. The molecule has 1 saturated heterocycles. The number of aliphatic hydroxyl groups excluding tert-OH is 2. The predicted molar refractivity (Wildman–Crippen MR) is 159 cm³/mol. The van der Waals surface area contributed by atoms with E-state index in [0.717, 1.165) is 12.0 Å². The Morgan fingerprint density at radius 2 is 1.76 bits per heavy atom. The third-order valence-electron chi connectivity index (χ3n) is 10.3. The summed E-state index contributed by atoms with van der Waals surface area (Å²) in [5.74, 6) is -0.296. The Morgan fingerprint density at radius 3 is 2.26 bits per heavy atom. The van der Waals surface area contributed by atoms with Crippen molar-refractivity contribution < 1.29 is 37.6 Å². The van der Waals surface area contributed by atoms with Crippen molar-refractivity contribution >= 4 is 9.84 Å². The molecule has 2 aromatic carbocycles. The van der Waals surface area contributed by atoms with Gasteiger partial charge >= 0.3 is 0 Å². The summed E-state index contributed by atoms with van der Waals surface area (Å²) in [5, 5.41) is 22.9. The fourth-order valence-electron chi connectivity index (χ4n) is 7.98. The van der Waals surface area contributed by atoms with Gasteiger partial charge in [0.2, 0.25) is 0 Å². The summed E-state index contributed by atoms with van der Waals surface area (Å²) in [7, 11) is -2.61. The van der Waals surface area contributed by atoms with Crippen LogP contribution in [0.1, 0.15) is 52.5 Å². The number of rotatable bonds is 11. The summed E-state index contributed by atoms with van der Waals surface area (Å²) >= 11 is 0. The van der Waals surface area contributed by atoms with Gasteiger partial charge in [-0.25, -0.2) is 8.42 Å². The minimum atomic E-state index is -4.21. The summed E-state index contributed by atoms with van der Waals surface area (Å²) in [4.78, 5) is 0.0874. The fraction of sp³-hybridized carbons (Fsp3) is 0.576. The number of ether oxygens (including phenoxy) is 4. The molecule has 3 fully saturated rings. The standard InChI is InChI=1S/C33H44O8S/c1-7-27(39-20-22-13-15-24(38-6)16-14-22)33(21-40-31(4,5)41-33)28(35)29(42(36,37)25-11-9-8-10-12-25)32-18-17-23(19-26(32)34)30(32,2)3/h7-16,23,26-29,34-35H,1,17-21H2,2-6H3/t23?,26-,27-,28?,29?,32?,33+/m1/s1. The zero-order valence-electron chi connectivity index (χ0n) is 25.2. The molecule has 230 valence electrons. The van der Waals surface area contributed by atoms with Crippen molar-refractivity contribution in [2.45, 2.75) is 93.4 Å². The molecule has 2 aliphatic carbocycles. The van der Waals surface area contributed by atoms with Crippen LogP contribution < -0.4 is 4.74 Å². The maximum absolute atomic E-state index is 14.7. The third kappa shape index (κ3) is 4.82. The minimum absolute atomic E-state index is 0.0874. The number of hydrogen-bond donors (Lipinski definition) is 2. The summed E-state index contributed by atoms with van der Waals surface area (Å²) in [5.41, 5.74) is -2.47. The lowest BCUT2D eigenvalue weighted by Crippen LogP contribution is -2.67. The van der Waals surface area contributed by atoms with Crippen LogP contribution in [0.3, 0.4) is 0 Å². The van der Waals surface area contributed by atoms with Crippen molar-refractivity contribution in [2.75, 3.05) is 13.7 Å². The molecule has 1 heterocycles. The van der Waals surface area contributed by atoms with Gasteiger partial charge in [-0.2, -0.15) is 0 Å². The second-order valence-electron chi connectivity index (χ2n) is 13.0. The molecule has 2 saturated carbocycles. The van der Waals surface area contributed by atoms with E-state index in [-0.39, 0.29) is 24.0 Å². The van der Waals surface area contributed by atoms with Crippen molar-refractivity contribution in [2.24, 2.45) is 16.7 Å². The Morgan fingerprint density at radius 1 is 1.10 bits per heavy atom. The molecule has 0 amide bonds. The van der Waals surface area contributed by atoms with Crippen LogP contribution >= 0.6 is 0 Å². The third-order valence-corrected chi connectivity index (χ3v) is 12.6. The number of aliphatic hydroxyl groups is 2. The minimum Gasteiger partial charge on any atom is -0.497 e. The SMILES string of the molecule is C=C[C@@H](OCc1ccc(OC)cc1)[C@]1(C(O)C(C23CCC(C[C@H]2O)C3(C)C)S(=O)(=O)c2ccccc2)COC(C)(C)O1. The van der Waals surface area contributed by atoms with Crippen molar-refractivity contribution in [3.8, 4) is 5.75 Å². The van der Waals surface area contributed by atoms with Crippen LogP contribution in [0.25, 0.3) is 0 Å². The molecular weight excluding hydrogens is 556 g/mol. The molecule has 8 nitrogen and oxygen atoms in total. The monoisotopic (exact) mass is 600 g/mol. The van der Waals surface area contributed by atoms with Crippen LogP contribution in [-0.4, -0.2) is 67.3 Å². The molecule has 9 heteroatoms. The van der Waals surface area contributed by atoms with E-state index in [1.165, 1.54) is 6.08 Å². The highest BCUT2D eigenvalue weighted by Gasteiger charge is 2.73. The first kappa shape index (κ1) is 31.2. The summed E-state index contributed by atoms with van der Waals surface area (Å²) in [6.45, 7) is 11.5. The van der Waals surface area contributed by atoms with Crippen LogP contribution in [0.15, 0.2) is 72.1 Å². The molecule has 2 bridgehead atoms. The van der Waals surface area contributed by atoms with Gasteiger partial charge < -0.3 is 29.2 Å². The summed E-state index contributed by atoms with van der Waals surface area (Å²) in [6.07, 6.45) is -0.240. The average molecular weight is 601 g/mol. The van der Waals surface area contributed by atoms with Gasteiger partial charge in [0.05, 0.1) is 31.3 Å². The Labute approximate surface area is 249 Å². The lowest BCUT2D eigenvalue weighted by atomic mass is 9.63. The highest BCUT2D eigenvalue weighted by molar-refractivity contribution is 7.92. The lowest BCUT2D eigenvalue weighted by molar-refractivity contribution is -0.222. The van der Waals surface area contributed by atoms with E-state index in [1.54, 1.807) is 51.3 Å². The average Bonchev–Trinajstić information content (AvgIpc) is 3.49. The number of fused-ring (bicyclic) bond motifs is 2. The molecule has 0 spiro atoms. The number of benzene rings is 2. The molecule has 42 heavy (non-hydrogen) atoms. The van der Waals surface area contributed by atoms with Gasteiger partial charge in [-0.3, -0.25) is 0 Å². The second-order valence-corrected chi connectivity index (χ2v) is 15.1. The molecule has 2 aromatic rings. The van der Waals surface area contributed by atoms with Crippen LogP contribution in [0.4, 0.5) is 0 Å². The lowest BCUT2D eigenvalue weighted by Gasteiger charge is -2.51. The Kier molecular flexibility index (Phi) is 8.18. The van der Waals surface area contributed by atoms with Crippen molar-refractivity contribution in [3.63, 3.8) is 0 Å². The van der Waals surface area contributed by atoms with Crippen LogP contribution in [0.2, 0.25) is 0 Å². The van der Waals surface area contributed by atoms with Gasteiger partial charge in [0.25, 0.3) is 0 Å². The van der Waals surface area contributed by atoms with Gasteiger partial charge in [-0.15, -0.1) is 6.58 Å². The van der Waals surface area contributed by atoms with Crippen molar-refractivity contribution in [3.05, 3.63) is 72.8 Å². The molecule has 7 atom stereocenters. The van der Waals surface area contributed by atoms with E-state index in [1.807, 2.05) is 38.1 Å². The smallest absolute Gasteiger partial charge is 0.184 e. The highest BCUT2D eigenvalue weighted by atomic mass is 32.2. The quantitative estimate of drug-likeness (QED) is 0.358. The van der Waals surface area contributed by atoms with Gasteiger partial charge in [0.1, 0.15) is 23.2 Å². The van der Waals surface area contributed by atoms with Crippen LogP contribution in [-0.2, 0) is 30.7 Å². The Balaban J connectivity index is 1.62. The molecule has 2 N–H and O–H groups in total. The van der Waals surface area contributed by atoms with E-state index in [2.05, 4.69) is 6.58 Å². The summed E-state index contributed by atoms with van der Waals surface area (Å²) < 4.78 is 53.7. The second kappa shape index (κ2) is 11.0. The number of sulfone groups is 1. The first-order chi connectivity index (χ1) is 19.7. The fourth-order valence-corrected chi connectivity index (χ4v) is 10.5. The topological polar surface area (TPSA) is 112 Å².